The lowest BCUT2D eigenvalue weighted by Gasteiger charge is -2.17. The molecule has 0 saturated heterocycles. The van der Waals surface area contributed by atoms with Gasteiger partial charge in [0.2, 0.25) is 0 Å². The molecule has 1 heterocycles. The van der Waals surface area contributed by atoms with Gasteiger partial charge in [-0.1, -0.05) is 66.7 Å². The predicted octanol–water partition coefficient (Wildman–Crippen LogP) is 4.96. The zero-order chi connectivity index (χ0) is 22.6. The first-order valence-corrected chi connectivity index (χ1v) is 11.0. The van der Waals surface area contributed by atoms with E-state index in [0.717, 1.165) is 5.56 Å². The van der Waals surface area contributed by atoms with Crippen molar-refractivity contribution >= 4 is 23.8 Å². The van der Waals surface area contributed by atoms with Crippen LogP contribution < -0.4 is 15.4 Å². The van der Waals surface area contributed by atoms with E-state index in [1.165, 1.54) is 22.3 Å². The smallest absolute Gasteiger partial charge is 0.407 e. The van der Waals surface area contributed by atoms with Crippen molar-refractivity contribution in [1.29, 1.82) is 0 Å². The molecule has 1 aliphatic heterocycles. The van der Waals surface area contributed by atoms with Crippen molar-refractivity contribution in [3.63, 3.8) is 0 Å². The molecule has 0 radical (unpaired) electrons. The molecule has 166 valence electrons. The fourth-order valence-electron chi connectivity index (χ4n) is 4.33. The summed E-state index contributed by atoms with van der Waals surface area (Å²) < 4.78 is 10.9. The minimum Gasteiger partial charge on any atom is -0.482 e. The van der Waals surface area contributed by atoms with Crippen molar-refractivity contribution in [2.45, 2.75) is 12.3 Å². The Morgan fingerprint density at radius 1 is 1.06 bits per heavy atom. The zero-order valence-corrected chi connectivity index (χ0v) is 18.0. The van der Waals surface area contributed by atoms with E-state index in [1.54, 1.807) is 0 Å². The van der Waals surface area contributed by atoms with Crippen LogP contribution in [0, 0.1) is 0 Å². The molecule has 5 rings (SSSR count). The summed E-state index contributed by atoms with van der Waals surface area (Å²) in [6.45, 7) is 0.820. The fraction of sp³-hybridized carbons (Fsp3) is 0.185. The molecule has 6 nitrogen and oxygen atoms in total. The maximum absolute atomic E-state index is 12.2. The van der Waals surface area contributed by atoms with Gasteiger partial charge in [0.25, 0.3) is 5.91 Å². The number of hydrogen-bond acceptors (Lipinski definition) is 4. The SMILES string of the molecule is O=C1COc2ccc(C=CCCNC(=O)OCC3c4ccccc4-c4ccccc43)cc2N1. The third-order valence-electron chi connectivity index (χ3n) is 5.87. The molecule has 0 atom stereocenters. The van der Waals surface area contributed by atoms with Crippen LogP contribution in [-0.4, -0.2) is 31.8 Å². The number of alkyl carbamates (subject to hydrolysis) is 1. The lowest BCUT2D eigenvalue weighted by Crippen LogP contribution is -2.26. The zero-order valence-electron chi connectivity index (χ0n) is 18.0. The van der Waals surface area contributed by atoms with E-state index in [-0.39, 0.29) is 18.4 Å². The van der Waals surface area contributed by atoms with Gasteiger partial charge in [-0.15, -0.1) is 0 Å². The molecule has 0 unspecified atom stereocenters. The topological polar surface area (TPSA) is 76.7 Å². The maximum atomic E-state index is 12.2. The first-order chi connectivity index (χ1) is 16.2. The molecular formula is C27H24N2O4. The average molecular weight is 440 g/mol. The molecule has 0 bridgehead atoms. The summed E-state index contributed by atoms with van der Waals surface area (Å²) in [5.41, 5.74) is 6.43. The molecule has 3 aromatic rings. The molecule has 33 heavy (non-hydrogen) atoms. The van der Waals surface area contributed by atoms with Gasteiger partial charge in [0.15, 0.2) is 6.61 Å². The first kappa shape index (κ1) is 20.8. The highest BCUT2D eigenvalue weighted by Gasteiger charge is 2.28. The number of nitrogens with one attached hydrogen (secondary N) is 2. The van der Waals surface area contributed by atoms with E-state index in [1.807, 2.05) is 54.6 Å². The molecule has 0 fully saturated rings. The number of amides is 2. The standard InChI is InChI=1S/C27H24N2O4/c30-26-17-32-25-13-12-18(15-24(25)29-26)7-5-6-14-28-27(31)33-16-23-21-10-3-1-8-19(21)20-9-2-4-11-22(20)23/h1-5,7-13,15,23H,6,14,16-17H2,(H,28,31)(H,29,30). The van der Waals surface area contributed by atoms with Crippen molar-refractivity contribution in [1.82, 2.24) is 5.32 Å². The van der Waals surface area contributed by atoms with Gasteiger partial charge in [0.1, 0.15) is 12.4 Å². The Morgan fingerprint density at radius 3 is 2.55 bits per heavy atom. The Balaban J connectivity index is 1.11. The minimum absolute atomic E-state index is 0.0454. The second-order valence-electron chi connectivity index (χ2n) is 8.04. The first-order valence-electron chi connectivity index (χ1n) is 11.0. The summed E-state index contributed by atoms with van der Waals surface area (Å²) in [7, 11) is 0. The third-order valence-corrected chi connectivity index (χ3v) is 5.87. The van der Waals surface area contributed by atoms with Crippen LogP contribution in [-0.2, 0) is 9.53 Å². The van der Waals surface area contributed by atoms with Crippen LogP contribution in [0.15, 0.2) is 72.8 Å². The number of fused-ring (bicyclic) bond motifs is 4. The van der Waals surface area contributed by atoms with E-state index in [4.69, 9.17) is 9.47 Å². The second-order valence-corrected chi connectivity index (χ2v) is 8.04. The molecule has 3 aromatic carbocycles. The van der Waals surface area contributed by atoms with Gasteiger partial charge in [-0.25, -0.2) is 4.79 Å². The van der Waals surface area contributed by atoms with Crippen LogP contribution in [0.4, 0.5) is 10.5 Å². The number of hydrogen-bond donors (Lipinski definition) is 2. The minimum atomic E-state index is -0.418. The van der Waals surface area contributed by atoms with E-state index in [2.05, 4.69) is 34.9 Å². The molecule has 2 N–H and O–H groups in total. The molecular weight excluding hydrogens is 416 g/mol. The molecule has 2 amide bonds. The Labute approximate surface area is 192 Å². The van der Waals surface area contributed by atoms with Crippen molar-refractivity contribution in [3.05, 3.63) is 89.5 Å². The Morgan fingerprint density at radius 2 is 1.79 bits per heavy atom. The highest BCUT2D eigenvalue weighted by Crippen LogP contribution is 2.44. The second kappa shape index (κ2) is 9.20. The van der Waals surface area contributed by atoms with Crippen LogP contribution in [0.2, 0.25) is 0 Å². The van der Waals surface area contributed by atoms with E-state index < -0.39 is 6.09 Å². The van der Waals surface area contributed by atoms with Crippen molar-refractivity contribution in [2.75, 3.05) is 25.1 Å². The summed E-state index contributed by atoms with van der Waals surface area (Å²) in [6.07, 6.45) is 4.15. The van der Waals surface area contributed by atoms with Gasteiger partial charge in [-0.05, 0) is 46.4 Å². The predicted molar refractivity (Wildman–Crippen MR) is 127 cm³/mol. The number of rotatable bonds is 6. The summed E-state index contributed by atoms with van der Waals surface area (Å²) >= 11 is 0. The van der Waals surface area contributed by atoms with Crippen LogP contribution in [0.5, 0.6) is 5.75 Å². The number of carbonyl (C=O) groups is 2. The van der Waals surface area contributed by atoms with Gasteiger partial charge < -0.3 is 20.1 Å². The van der Waals surface area contributed by atoms with E-state index in [9.17, 15) is 9.59 Å². The third kappa shape index (κ3) is 4.46. The van der Waals surface area contributed by atoms with E-state index >= 15 is 0 Å². The highest BCUT2D eigenvalue weighted by molar-refractivity contribution is 5.95. The van der Waals surface area contributed by atoms with Gasteiger partial charge in [-0.3, -0.25) is 4.79 Å². The number of anilines is 1. The molecule has 0 aromatic heterocycles. The normalized spacial score (nSPS) is 14.1. The molecule has 0 spiro atoms. The Bertz CT molecular complexity index is 1190. The average Bonchev–Trinajstić information content (AvgIpc) is 3.16. The van der Waals surface area contributed by atoms with Gasteiger partial charge in [-0.2, -0.15) is 0 Å². The van der Waals surface area contributed by atoms with Crippen LogP contribution in [0.3, 0.4) is 0 Å². The van der Waals surface area contributed by atoms with Gasteiger partial charge in [0, 0.05) is 12.5 Å². The molecule has 2 aliphatic rings. The largest absolute Gasteiger partial charge is 0.482 e. The lowest BCUT2D eigenvalue weighted by atomic mass is 9.98. The van der Waals surface area contributed by atoms with Crippen LogP contribution in [0.25, 0.3) is 17.2 Å². The maximum Gasteiger partial charge on any atom is 0.407 e. The number of carbonyl (C=O) groups excluding carboxylic acids is 2. The van der Waals surface area contributed by atoms with Crippen molar-refractivity contribution < 1.29 is 19.1 Å². The van der Waals surface area contributed by atoms with Gasteiger partial charge in [0.05, 0.1) is 5.69 Å². The van der Waals surface area contributed by atoms with E-state index in [0.29, 0.717) is 31.0 Å². The van der Waals surface area contributed by atoms with Crippen LogP contribution >= 0.6 is 0 Å². The van der Waals surface area contributed by atoms with Crippen molar-refractivity contribution in [2.24, 2.45) is 0 Å². The summed E-state index contributed by atoms with van der Waals surface area (Å²) in [5, 5.41) is 5.60. The molecule has 1 aliphatic carbocycles. The Hall–Kier alpha value is -4.06. The van der Waals surface area contributed by atoms with Crippen LogP contribution in [0.1, 0.15) is 29.0 Å². The quantitative estimate of drug-likeness (QED) is 0.531. The lowest BCUT2D eigenvalue weighted by molar-refractivity contribution is -0.118. The summed E-state index contributed by atoms with van der Waals surface area (Å²) in [5.74, 6) is 0.566. The van der Waals surface area contributed by atoms with Gasteiger partial charge >= 0.3 is 6.09 Å². The number of benzene rings is 3. The van der Waals surface area contributed by atoms with Crippen molar-refractivity contribution in [3.8, 4) is 16.9 Å². The Kier molecular flexibility index (Phi) is 5.81. The fourth-order valence-corrected chi connectivity index (χ4v) is 4.33. The molecule has 0 saturated carbocycles. The monoisotopic (exact) mass is 440 g/mol. The summed E-state index contributed by atoms with van der Waals surface area (Å²) in [4.78, 5) is 23.7. The molecule has 6 heteroatoms. The summed E-state index contributed by atoms with van der Waals surface area (Å²) in [6, 6.07) is 22.2. The number of ether oxygens (including phenoxy) is 2. The highest BCUT2D eigenvalue weighted by atomic mass is 16.5.